The molecule has 0 fully saturated rings. The van der Waals surface area contributed by atoms with Gasteiger partial charge in [0.25, 0.3) is 0 Å². The van der Waals surface area contributed by atoms with E-state index < -0.39 is 6.16 Å². The number of allylic oxidation sites excluding steroid dienone is 1. The third-order valence-corrected chi connectivity index (χ3v) is 1.22. The maximum absolute atomic E-state index is 8.33. The van der Waals surface area contributed by atoms with Crippen LogP contribution in [0.15, 0.2) is 43.0 Å². The van der Waals surface area contributed by atoms with Gasteiger partial charge in [-0.25, -0.2) is 0 Å². The molecule has 70 valence electrons. The standard InChI is InChI=1S/C9H10.CH2O3.Ca/c1-2-6-9-7-4-3-5-8-9;2-1(3)4;/h2-5,7-8H,1,6H2;(H2,2,3,4);/q;;+2/p-2. The van der Waals surface area contributed by atoms with Crippen LogP contribution < -0.4 is 10.2 Å². The van der Waals surface area contributed by atoms with Gasteiger partial charge in [-0.2, -0.15) is 0 Å². The molecule has 0 spiro atoms. The fourth-order valence-electron chi connectivity index (χ4n) is 0.781. The number of rotatable bonds is 2. The number of benzene rings is 1. The predicted octanol–water partition coefficient (Wildman–Crippen LogP) is -0.413. The summed E-state index contributed by atoms with van der Waals surface area (Å²) in [5.74, 6) is 0. The zero-order valence-corrected chi connectivity index (χ0v) is 10.0. The molecule has 3 nitrogen and oxygen atoms in total. The average Bonchev–Trinajstić information content (AvgIpc) is 2.06. The predicted molar refractivity (Wildman–Crippen MR) is 51.5 cm³/mol. The Hall–Kier alpha value is -0.510. The summed E-state index contributed by atoms with van der Waals surface area (Å²) in [6, 6.07) is 10.3. The van der Waals surface area contributed by atoms with Gasteiger partial charge in [-0.3, -0.25) is 0 Å². The molecule has 0 aliphatic rings. The summed E-state index contributed by atoms with van der Waals surface area (Å²) in [7, 11) is 0. The number of hydrogen-bond acceptors (Lipinski definition) is 3. The molecule has 0 aromatic heterocycles. The third-order valence-electron chi connectivity index (χ3n) is 1.22. The molecule has 1 aromatic carbocycles. The van der Waals surface area contributed by atoms with E-state index in [0.717, 1.165) is 6.42 Å². The number of hydrogen-bond donors (Lipinski definition) is 0. The second kappa shape index (κ2) is 10.6. The SMILES string of the molecule is C=CCc1ccccc1.O=C([O-])[O-].[Ca+2]. The first-order valence-electron chi connectivity index (χ1n) is 3.69. The summed E-state index contributed by atoms with van der Waals surface area (Å²) in [5.41, 5.74) is 1.33. The monoisotopic (exact) mass is 218 g/mol. The van der Waals surface area contributed by atoms with Gasteiger partial charge in [0.1, 0.15) is 0 Å². The van der Waals surface area contributed by atoms with Crippen molar-refractivity contribution in [3.8, 4) is 0 Å². The fraction of sp³-hybridized carbons (Fsp3) is 0.100. The Morgan fingerprint density at radius 3 is 2.07 bits per heavy atom. The van der Waals surface area contributed by atoms with Gasteiger partial charge in [0.05, 0.1) is 0 Å². The van der Waals surface area contributed by atoms with E-state index in [0.29, 0.717) is 0 Å². The minimum absolute atomic E-state index is 0. The van der Waals surface area contributed by atoms with E-state index >= 15 is 0 Å². The smallest absolute Gasteiger partial charge is 0.652 e. The molecule has 0 N–H and O–H groups in total. The molecular weight excluding hydrogens is 208 g/mol. The molecule has 14 heavy (non-hydrogen) atoms. The Bertz CT molecular complexity index is 255. The molecule has 1 rings (SSSR count). The summed E-state index contributed by atoms with van der Waals surface area (Å²) in [6.07, 6.45) is 0.552. The van der Waals surface area contributed by atoms with Crippen LogP contribution in [0.5, 0.6) is 0 Å². The van der Waals surface area contributed by atoms with E-state index in [1.807, 2.05) is 24.3 Å². The van der Waals surface area contributed by atoms with Crippen molar-refractivity contribution in [2.75, 3.05) is 0 Å². The van der Waals surface area contributed by atoms with E-state index in [9.17, 15) is 0 Å². The van der Waals surface area contributed by atoms with Gasteiger partial charge in [-0.15, -0.1) is 6.58 Å². The van der Waals surface area contributed by atoms with E-state index in [4.69, 9.17) is 15.0 Å². The van der Waals surface area contributed by atoms with E-state index in [2.05, 4.69) is 18.7 Å². The van der Waals surface area contributed by atoms with Gasteiger partial charge in [0.15, 0.2) is 0 Å². The summed E-state index contributed by atoms with van der Waals surface area (Å²) in [6.45, 7) is 3.66. The molecule has 4 heteroatoms. The minimum Gasteiger partial charge on any atom is -0.652 e. The van der Waals surface area contributed by atoms with Gasteiger partial charge >= 0.3 is 37.7 Å². The molecule has 0 heterocycles. The molecule has 0 saturated heterocycles. The van der Waals surface area contributed by atoms with Crippen LogP contribution in [-0.4, -0.2) is 43.9 Å². The first kappa shape index (κ1) is 15.9. The zero-order chi connectivity index (χ0) is 10.1. The van der Waals surface area contributed by atoms with Crippen LogP contribution in [0.25, 0.3) is 0 Å². The molecule has 0 radical (unpaired) electrons. The summed E-state index contributed by atoms with van der Waals surface area (Å²) in [4.78, 5) is 8.33. The normalized spacial score (nSPS) is 7.43. The van der Waals surface area contributed by atoms with Crippen molar-refractivity contribution in [3.63, 3.8) is 0 Å². The van der Waals surface area contributed by atoms with Gasteiger partial charge in [0.2, 0.25) is 0 Å². The van der Waals surface area contributed by atoms with Crippen molar-refractivity contribution >= 4 is 43.9 Å². The van der Waals surface area contributed by atoms with Crippen LogP contribution in [0.1, 0.15) is 5.56 Å². The summed E-state index contributed by atoms with van der Waals surface area (Å²) in [5, 5.41) is 16.7. The molecule has 0 saturated carbocycles. The van der Waals surface area contributed by atoms with Crippen molar-refractivity contribution in [3.05, 3.63) is 48.6 Å². The van der Waals surface area contributed by atoms with Gasteiger partial charge in [-0.05, 0) is 18.1 Å². The largest absolute Gasteiger partial charge is 2.00 e. The van der Waals surface area contributed by atoms with E-state index in [1.54, 1.807) is 0 Å². The molecular formula is C10H10CaO3. The Morgan fingerprint density at radius 1 is 1.29 bits per heavy atom. The maximum atomic E-state index is 8.33. The second-order valence-electron chi connectivity index (χ2n) is 2.23. The van der Waals surface area contributed by atoms with Crippen LogP contribution in [0.3, 0.4) is 0 Å². The Kier molecular flexibility index (Phi) is 12.0. The Balaban J connectivity index is 0. The van der Waals surface area contributed by atoms with Crippen molar-refractivity contribution in [2.45, 2.75) is 6.42 Å². The Labute approximate surface area is 113 Å². The second-order valence-corrected chi connectivity index (χ2v) is 2.23. The molecule has 0 atom stereocenters. The first-order valence-corrected chi connectivity index (χ1v) is 3.69. The van der Waals surface area contributed by atoms with Gasteiger partial charge in [0, 0.05) is 0 Å². The van der Waals surface area contributed by atoms with E-state index in [-0.39, 0.29) is 37.7 Å². The number of carbonyl (C=O) groups excluding carboxylic acids is 1. The van der Waals surface area contributed by atoms with Crippen LogP contribution in [0.4, 0.5) is 4.79 Å². The van der Waals surface area contributed by atoms with Crippen molar-refractivity contribution in [1.29, 1.82) is 0 Å². The summed E-state index contributed by atoms with van der Waals surface area (Å²) >= 11 is 0. The zero-order valence-electron chi connectivity index (χ0n) is 7.81. The van der Waals surface area contributed by atoms with Gasteiger partial charge in [-0.1, -0.05) is 36.4 Å². The molecule has 0 aliphatic carbocycles. The molecule has 0 unspecified atom stereocenters. The third kappa shape index (κ3) is 11.5. The molecule has 1 aromatic rings. The topological polar surface area (TPSA) is 63.2 Å². The van der Waals surface area contributed by atoms with Crippen LogP contribution >= 0.6 is 0 Å². The number of carboxylic acid groups (broad SMARTS) is 2. The average molecular weight is 218 g/mol. The first-order chi connectivity index (χ1) is 6.16. The van der Waals surface area contributed by atoms with Crippen molar-refractivity contribution in [1.82, 2.24) is 0 Å². The summed E-state index contributed by atoms with van der Waals surface area (Å²) < 4.78 is 0. The van der Waals surface area contributed by atoms with Crippen LogP contribution in [-0.2, 0) is 6.42 Å². The Morgan fingerprint density at radius 2 is 1.71 bits per heavy atom. The van der Waals surface area contributed by atoms with Crippen molar-refractivity contribution < 1.29 is 15.0 Å². The fourth-order valence-corrected chi connectivity index (χ4v) is 0.781. The van der Waals surface area contributed by atoms with Crippen LogP contribution in [0.2, 0.25) is 0 Å². The van der Waals surface area contributed by atoms with Crippen molar-refractivity contribution in [2.24, 2.45) is 0 Å². The van der Waals surface area contributed by atoms with Crippen LogP contribution in [0, 0.1) is 0 Å². The molecule has 0 aliphatic heterocycles. The maximum Gasteiger partial charge on any atom is 2.00 e. The minimum atomic E-state index is -2.33. The van der Waals surface area contributed by atoms with E-state index in [1.165, 1.54) is 5.56 Å². The number of carbonyl (C=O) groups is 1. The quantitative estimate of drug-likeness (QED) is 0.500. The van der Waals surface area contributed by atoms with Gasteiger partial charge < -0.3 is 15.0 Å². The molecule has 0 amide bonds. The molecule has 0 bridgehead atoms.